The average molecular weight is 276 g/mol. The van der Waals surface area contributed by atoms with Gasteiger partial charge in [0, 0.05) is 24.6 Å². The third kappa shape index (κ3) is 3.40. The molecule has 20 heavy (non-hydrogen) atoms. The minimum Gasteiger partial charge on any atom is -0.378 e. The first-order chi connectivity index (χ1) is 9.57. The van der Waals surface area contributed by atoms with E-state index >= 15 is 0 Å². The summed E-state index contributed by atoms with van der Waals surface area (Å²) in [6.07, 6.45) is 2.47. The Morgan fingerprint density at radius 3 is 2.45 bits per heavy atom. The summed E-state index contributed by atoms with van der Waals surface area (Å²) in [6, 6.07) is 9.30. The van der Waals surface area contributed by atoms with Crippen molar-refractivity contribution in [3.8, 4) is 0 Å². The van der Waals surface area contributed by atoms with Crippen LogP contribution in [-0.4, -0.2) is 25.3 Å². The van der Waals surface area contributed by atoms with E-state index in [9.17, 15) is 0 Å². The molecule has 1 fully saturated rings. The van der Waals surface area contributed by atoms with Crippen LogP contribution in [-0.2, 0) is 17.7 Å². The largest absolute Gasteiger partial charge is 0.378 e. The van der Waals surface area contributed by atoms with Gasteiger partial charge in [0.1, 0.15) is 0 Å². The Kier molecular flexibility index (Phi) is 5.19. The molecular formula is C17H28N2O. The highest BCUT2D eigenvalue weighted by atomic mass is 16.5. The molecule has 3 N–H and O–H groups in total. The topological polar surface area (TPSA) is 47.3 Å². The summed E-state index contributed by atoms with van der Waals surface area (Å²) in [6.45, 7) is 9.10. The van der Waals surface area contributed by atoms with E-state index in [1.807, 2.05) is 0 Å². The van der Waals surface area contributed by atoms with Crippen LogP contribution in [0.4, 0.5) is 0 Å². The summed E-state index contributed by atoms with van der Waals surface area (Å²) in [7, 11) is 0. The highest BCUT2D eigenvalue weighted by Crippen LogP contribution is 2.42. The van der Waals surface area contributed by atoms with E-state index in [2.05, 4.69) is 50.4 Å². The number of ether oxygens (including phenoxy) is 1. The van der Waals surface area contributed by atoms with E-state index in [1.54, 1.807) is 0 Å². The fraction of sp³-hybridized carbons (Fsp3) is 0.647. The van der Waals surface area contributed by atoms with Crippen molar-refractivity contribution in [1.82, 2.24) is 5.32 Å². The predicted molar refractivity (Wildman–Crippen MR) is 83.6 cm³/mol. The summed E-state index contributed by atoms with van der Waals surface area (Å²) in [5.74, 6) is 0. The molecule has 0 aromatic heterocycles. The van der Waals surface area contributed by atoms with Gasteiger partial charge < -0.3 is 15.8 Å². The van der Waals surface area contributed by atoms with Crippen molar-refractivity contribution < 1.29 is 4.74 Å². The highest BCUT2D eigenvalue weighted by molar-refractivity contribution is 5.23. The van der Waals surface area contributed by atoms with Gasteiger partial charge in [-0.05, 0) is 37.4 Å². The third-order valence-electron chi connectivity index (χ3n) is 4.55. The zero-order valence-corrected chi connectivity index (χ0v) is 13.0. The maximum atomic E-state index is 5.77. The van der Waals surface area contributed by atoms with Crippen molar-refractivity contribution in [2.75, 3.05) is 13.2 Å². The van der Waals surface area contributed by atoms with Crippen LogP contribution in [0.1, 0.15) is 38.3 Å². The normalized spacial score (nSPS) is 24.4. The summed E-state index contributed by atoms with van der Waals surface area (Å²) in [5, 5.41) is 3.66. The molecule has 1 aromatic rings. The Morgan fingerprint density at radius 2 is 1.90 bits per heavy atom. The number of rotatable bonds is 7. The smallest absolute Gasteiger partial charge is 0.0655 e. The molecule has 1 aliphatic rings. The minimum atomic E-state index is 0.232. The highest BCUT2D eigenvalue weighted by Gasteiger charge is 2.48. The molecule has 0 amide bonds. The molecule has 112 valence electrons. The van der Waals surface area contributed by atoms with Gasteiger partial charge >= 0.3 is 0 Å². The first-order valence-corrected chi connectivity index (χ1v) is 7.70. The number of nitrogens with one attached hydrogen (secondary N) is 1. The van der Waals surface area contributed by atoms with Crippen molar-refractivity contribution in [3.05, 3.63) is 35.4 Å². The van der Waals surface area contributed by atoms with E-state index in [-0.39, 0.29) is 5.41 Å². The van der Waals surface area contributed by atoms with Gasteiger partial charge in [0.25, 0.3) is 0 Å². The molecule has 1 aromatic carbocycles. The van der Waals surface area contributed by atoms with Crippen molar-refractivity contribution in [2.45, 2.75) is 52.3 Å². The first kappa shape index (κ1) is 15.5. The van der Waals surface area contributed by atoms with Gasteiger partial charge in [-0.15, -0.1) is 0 Å². The second kappa shape index (κ2) is 6.70. The number of hydrogen-bond donors (Lipinski definition) is 2. The van der Waals surface area contributed by atoms with Gasteiger partial charge in [-0.3, -0.25) is 0 Å². The van der Waals surface area contributed by atoms with Crippen LogP contribution in [0.5, 0.6) is 0 Å². The van der Waals surface area contributed by atoms with E-state index in [0.29, 0.717) is 18.7 Å². The average Bonchev–Trinajstić information content (AvgIpc) is 2.44. The number of benzene rings is 1. The molecule has 0 aliphatic heterocycles. The van der Waals surface area contributed by atoms with E-state index < -0.39 is 0 Å². The lowest BCUT2D eigenvalue weighted by Crippen LogP contribution is -2.60. The number of nitrogens with two attached hydrogens (primary N) is 1. The molecule has 3 nitrogen and oxygen atoms in total. The zero-order valence-electron chi connectivity index (χ0n) is 13.0. The van der Waals surface area contributed by atoms with Crippen molar-refractivity contribution in [2.24, 2.45) is 11.1 Å². The minimum absolute atomic E-state index is 0.232. The SMILES string of the molecule is CCOC1CC(NCc2ccc(CCN)cc2)C1(C)C. The molecule has 0 heterocycles. The monoisotopic (exact) mass is 276 g/mol. The molecule has 0 spiro atoms. The fourth-order valence-electron chi connectivity index (χ4n) is 2.95. The molecular weight excluding hydrogens is 248 g/mol. The number of hydrogen-bond acceptors (Lipinski definition) is 3. The maximum absolute atomic E-state index is 5.77. The Labute approximate surface area is 122 Å². The second-order valence-corrected chi connectivity index (χ2v) is 6.29. The molecule has 3 heteroatoms. The summed E-state index contributed by atoms with van der Waals surface area (Å²) in [5.41, 5.74) is 8.45. The predicted octanol–water partition coefficient (Wildman–Crippen LogP) is 2.48. The molecule has 2 unspecified atom stereocenters. The van der Waals surface area contributed by atoms with Crippen LogP contribution in [0, 0.1) is 5.41 Å². The molecule has 1 saturated carbocycles. The molecule has 2 atom stereocenters. The van der Waals surface area contributed by atoms with Crippen LogP contribution < -0.4 is 11.1 Å². The van der Waals surface area contributed by atoms with Crippen LogP contribution in [0.2, 0.25) is 0 Å². The summed E-state index contributed by atoms with van der Waals surface area (Å²) in [4.78, 5) is 0. The van der Waals surface area contributed by atoms with Gasteiger partial charge in [-0.25, -0.2) is 0 Å². The fourth-order valence-corrected chi connectivity index (χ4v) is 2.95. The Balaban J connectivity index is 1.81. The quantitative estimate of drug-likeness (QED) is 0.804. The standard InChI is InChI=1S/C17H28N2O/c1-4-20-16-11-15(17(16,2)3)19-12-14-7-5-13(6-8-14)9-10-18/h5-8,15-16,19H,4,9-12,18H2,1-3H3. The van der Waals surface area contributed by atoms with Crippen molar-refractivity contribution >= 4 is 0 Å². The summed E-state index contributed by atoms with van der Waals surface area (Å²) < 4.78 is 5.77. The van der Waals surface area contributed by atoms with Gasteiger partial charge in [0.15, 0.2) is 0 Å². The Bertz CT molecular complexity index is 414. The van der Waals surface area contributed by atoms with Crippen LogP contribution in [0.3, 0.4) is 0 Å². The van der Waals surface area contributed by atoms with Crippen molar-refractivity contribution in [3.63, 3.8) is 0 Å². The van der Waals surface area contributed by atoms with Crippen LogP contribution in [0.15, 0.2) is 24.3 Å². The third-order valence-corrected chi connectivity index (χ3v) is 4.55. The van der Waals surface area contributed by atoms with Gasteiger partial charge in [0.2, 0.25) is 0 Å². The van der Waals surface area contributed by atoms with Gasteiger partial charge in [-0.2, -0.15) is 0 Å². The van der Waals surface area contributed by atoms with Crippen LogP contribution >= 0.6 is 0 Å². The summed E-state index contributed by atoms with van der Waals surface area (Å²) >= 11 is 0. The Morgan fingerprint density at radius 1 is 1.25 bits per heavy atom. The molecule has 1 aliphatic carbocycles. The van der Waals surface area contributed by atoms with E-state index in [1.165, 1.54) is 11.1 Å². The van der Waals surface area contributed by atoms with E-state index in [0.717, 1.165) is 26.0 Å². The zero-order chi connectivity index (χ0) is 14.6. The lowest BCUT2D eigenvalue weighted by atomic mass is 9.64. The second-order valence-electron chi connectivity index (χ2n) is 6.29. The first-order valence-electron chi connectivity index (χ1n) is 7.70. The molecule has 0 bridgehead atoms. The lowest BCUT2D eigenvalue weighted by Gasteiger charge is -2.52. The van der Waals surface area contributed by atoms with Gasteiger partial charge in [0.05, 0.1) is 6.10 Å². The molecule has 0 radical (unpaired) electrons. The maximum Gasteiger partial charge on any atom is 0.0655 e. The molecule has 0 saturated heterocycles. The van der Waals surface area contributed by atoms with Crippen LogP contribution in [0.25, 0.3) is 0 Å². The molecule has 2 rings (SSSR count). The van der Waals surface area contributed by atoms with Gasteiger partial charge in [-0.1, -0.05) is 38.1 Å². The van der Waals surface area contributed by atoms with Crippen molar-refractivity contribution in [1.29, 1.82) is 0 Å². The van der Waals surface area contributed by atoms with E-state index in [4.69, 9.17) is 10.5 Å². The lowest BCUT2D eigenvalue weighted by molar-refractivity contribution is -0.114. The Hall–Kier alpha value is -0.900.